The fourth-order valence-electron chi connectivity index (χ4n) is 4.54. The number of carbonyl (C=O) groups excluding carboxylic acids is 3. The van der Waals surface area contributed by atoms with Gasteiger partial charge in [-0.1, -0.05) is 29.8 Å². The number of para-hydroxylation sites is 1. The van der Waals surface area contributed by atoms with Gasteiger partial charge in [-0.25, -0.2) is 4.98 Å². The zero-order valence-corrected chi connectivity index (χ0v) is 19.8. The van der Waals surface area contributed by atoms with E-state index in [1.54, 1.807) is 12.1 Å². The van der Waals surface area contributed by atoms with Crippen LogP contribution in [0.4, 0.5) is 11.5 Å². The second kappa shape index (κ2) is 11.4. The maximum Gasteiger partial charge on any atom is 0.236 e. The van der Waals surface area contributed by atoms with Crippen LogP contribution in [0.15, 0.2) is 48.7 Å². The van der Waals surface area contributed by atoms with Crippen LogP contribution in [0, 0.1) is 11.8 Å². The van der Waals surface area contributed by atoms with Crippen molar-refractivity contribution in [1.29, 1.82) is 0 Å². The van der Waals surface area contributed by atoms with Crippen molar-refractivity contribution >= 4 is 40.8 Å². The smallest absolute Gasteiger partial charge is 0.236 e. The van der Waals surface area contributed by atoms with Crippen molar-refractivity contribution in [2.45, 2.75) is 25.7 Å². The molecule has 34 heavy (non-hydrogen) atoms. The first kappa shape index (κ1) is 24.2. The summed E-state index contributed by atoms with van der Waals surface area (Å²) in [4.78, 5) is 46.1. The third-order valence-electron chi connectivity index (χ3n) is 6.47. The Morgan fingerprint density at radius 1 is 0.912 bits per heavy atom. The highest BCUT2D eigenvalue weighted by Gasteiger charge is 2.31. The van der Waals surface area contributed by atoms with Crippen molar-refractivity contribution in [3.8, 4) is 0 Å². The average molecular weight is 484 g/mol. The summed E-state index contributed by atoms with van der Waals surface area (Å²) >= 11 is 5.85. The summed E-state index contributed by atoms with van der Waals surface area (Å²) < 4.78 is 0. The minimum atomic E-state index is -0.188. The molecule has 3 amide bonds. The molecule has 1 atom stereocenters. The summed E-state index contributed by atoms with van der Waals surface area (Å²) in [7, 11) is 0. The van der Waals surface area contributed by atoms with Gasteiger partial charge < -0.3 is 15.5 Å². The van der Waals surface area contributed by atoms with E-state index in [0.717, 1.165) is 25.1 Å². The molecule has 2 N–H and O–H groups in total. The number of pyridine rings is 1. The third-order valence-corrected chi connectivity index (χ3v) is 6.70. The SMILES string of the molecule is O=C(Nc1ccccc1)C1CCN(C(=O)CN2CCCC(C(=O)Nc3ccc(Cl)cn3)C2)CC1. The lowest BCUT2D eigenvalue weighted by Gasteiger charge is -2.35. The lowest BCUT2D eigenvalue weighted by Crippen LogP contribution is -2.48. The number of aromatic nitrogens is 1. The molecule has 2 aromatic rings. The summed E-state index contributed by atoms with van der Waals surface area (Å²) in [6.45, 7) is 2.78. The normalized spacial score (nSPS) is 19.4. The Labute approximate surface area is 204 Å². The van der Waals surface area contributed by atoms with Gasteiger partial charge in [0.15, 0.2) is 0 Å². The van der Waals surface area contributed by atoms with Gasteiger partial charge in [-0.15, -0.1) is 0 Å². The fourth-order valence-corrected chi connectivity index (χ4v) is 4.65. The number of nitrogens with one attached hydrogen (secondary N) is 2. The van der Waals surface area contributed by atoms with Gasteiger partial charge in [0.2, 0.25) is 17.7 Å². The molecule has 180 valence electrons. The number of amides is 3. The molecule has 2 aliphatic heterocycles. The molecule has 1 aromatic heterocycles. The first-order valence-electron chi connectivity index (χ1n) is 11.8. The van der Waals surface area contributed by atoms with E-state index < -0.39 is 0 Å². The van der Waals surface area contributed by atoms with Gasteiger partial charge in [0.05, 0.1) is 17.5 Å². The van der Waals surface area contributed by atoms with E-state index in [4.69, 9.17) is 11.6 Å². The molecule has 9 heteroatoms. The number of rotatable bonds is 6. The third kappa shape index (κ3) is 6.55. The second-order valence-electron chi connectivity index (χ2n) is 8.94. The molecule has 1 unspecified atom stereocenters. The van der Waals surface area contributed by atoms with Crippen molar-refractivity contribution in [1.82, 2.24) is 14.8 Å². The van der Waals surface area contributed by atoms with Gasteiger partial charge in [0.25, 0.3) is 0 Å². The number of halogens is 1. The number of hydrogen-bond acceptors (Lipinski definition) is 5. The molecular formula is C25H30ClN5O3. The Morgan fingerprint density at radius 2 is 1.65 bits per heavy atom. The Balaban J connectivity index is 1.21. The molecule has 2 aliphatic rings. The van der Waals surface area contributed by atoms with E-state index in [1.807, 2.05) is 35.2 Å². The van der Waals surface area contributed by atoms with Gasteiger partial charge in [-0.2, -0.15) is 0 Å². The molecule has 0 aliphatic carbocycles. The molecule has 0 bridgehead atoms. The van der Waals surface area contributed by atoms with Gasteiger partial charge in [-0.3, -0.25) is 19.3 Å². The lowest BCUT2D eigenvalue weighted by molar-refractivity contribution is -0.136. The van der Waals surface area contributed by atoms with Crippen LogP contribution < -0.4 is 10.6 Å². The van der Waals surface area contributed by atoms with Crippen LogP contribution in [0.2, 0.25) is 5.02 Å². The molecule has 2 fully saturated rings. The van der Waals surface area contributed by atoms with Crippen LogP contribution in [-0.4, -0.2) is 65.2 Å². The average Bonchev–Trinajstić information content (AvgIpc) is 2.86. The van der Waals surface area contributed by atoms with Crippen LogP contribution >= 0.6 is 11.6 Å². The molecule has 4 rings (SSSR count). The van der Waals surface area contributed by atoms with Gasteiger partial charge in [-0.05, 0) is 56.5 Å². The van der Waals surface area contributed by atoms with Crippen LogP contribution in [0.25, 0.3) is 0 Å². The predicted octanol–water partition coefficient (Wildman–Crippen LogP) is 3.26. The summed E-state index contributed by atoms with van der Waals surface area (Å²) in [5.41, 5.74) is 0.793. The number of benzene rings is 1. The fraction of sp³-hybridized carbons (Fsp3) is 0.440. The maximum atomic E-state index is 12.9. The zero-order valence-electron chi connectivity index (χ0n) is 19.1. The largest absolute Gasteiger partial charge is 0.342 e. The van der Waals surface area contributed by atoms with Crippen LogP contribution in [0.1, 0.15) is 25.7 Å². The van der Waals surface area contributed by atoms with E-state index in [1.165, 1.54) is 6.20 Å². The van der Waals surface area contributed by atoms with E-state index >= 15 is 0 Å². The van der Waals surface area contributed by atoms with E-state index in [2.05, 4.69) is 20.5 Å². The van der Waals surface area contributed by atoms with E-state index in [9.17, 15) is 14.4 Å². The van der Waals surface area contributed by atoms with E-state index in [-0.39, 0.29) is 29.6 Å². The maximum absolute atomic E-state index is 12.9. The first-order chi connectivity index (χ1) is 16.5. The summed E-state index contributed by atoms with van der Waals surface area (Å²) in [6.07, 6.45) is 4.46. The van der Waals surface area contributed by atoms with Crippen molar-refractivity contribution in [2.24, 2.45) is 11.8 Å². The second-order valence-corrected chi connectivity index (χ2v) is 9.37. The lowest BCUT2D eigenvalue weighted by atomic mass is 9.95. The highest BCUT2D eigenvalue weighted by molar-refractivity contribution is 6.30. The first-order valence-corrected chi connectivity index (χ1v) is 12.1. The van der Waals surface area contributed by atoms with Crippen LogP contribution in [0.5, 0.6) is 0 Å². The Hall–Kier alpha value is -2.97. The van der Waals surface area contributed by atoms with Gasteiger partial charge in [0, 0.05) is 37.4 Å². The Morgan fingerprint density at radius 3 is 2.35 bits per heavy atom. The highest BCUT2D eigenvalue weighted by atomic mass is 35.5. The predicted molar refractivity (Wildman–Crippen MR) is 131 cm³/mol. The Bertz CT molecular complexity index is 993. The van der Waals surface area contributed by atoms with Crippen molar-refractivity contribution in [3.63, 3.8) is 0 Å². The number of hydrogen-bond donors (Lipinski definition) is 2. The number of carbonyl (C=O) groups is 3. The minimum absolute atomic E-state index is 0.0124. The van der Waals surface area contributed by atoms with Crippen LogP contribution in [0.3, 0.4) is 0 Å². The summed E-state index contributed by atoms with van der Waals surface area (Å²) in [6, 6.07) is 12.8. The molecule has 8 nitrogen and oxygen atoms in total. The van der Waals surface area contributed by atoms with Gasteiger partial charge >= 0.3 is 0 Å². The van der Waals surface area contributed by atoms with Gasteiger partial charge in [0.1, 0.15) is 5.82 Å². The monoisotopic (exact) mass is 483 g/mol. The standard InChI is InChI=1S/C25H30ClN5O3/c26-20-8-9-22(27-15-20)29-25(34)19-5-4-12-30(16-19)17-23(32)31-13-10-18(11-14-31)24(33)28-21-6-2-1-3-7-21/h1-3,6-9,15,18-19H,4-5,10-14,16-17H2,(H,28,33)(H,27,29,34). The summed E-state index contributed by atoms with van der Waals surface area (Å²) in [5.74, 6) is 0.180. The molecule has 0 spiro atoms. The highest BCUT2D eigenvalue weighted by Crippen LogP contribution is 2.22. The summed E-state index contributed by atoms with van der Waals surface area (Å²) in [5, 5.41) is 6.31. The van der Waals surface area contributed by atoms with E-state index in [0.29, 0.717) is 49.9 Å². The van der Waals surface area contributed by atoms with Crippen molar-refractivity contribution in [3.05, 3.63) is 53.7 Å². The van der Waals surface area contributed by atoms with Crippen molar-refractivity contribution < 1.29 is 14.4 Å². The minimum Gasteiger partial charge on any atom is -0.342 e. The number of anilines is 2. The Kier molecular flexibility index (Phi) is 8.13. The number of nitrogens with zero attached hydrogens (tertiary/aromatic N) is 3. The zero-order chi connectivity index (χ0) is 23.9. The topological polar surface area (TPSA) is 94.6 Å². The molecule has 1 aromatic carbocycles. The molecule has 3 heterocycles. The van der Waals surface area contributed by atoms with Crippen molar-refractivity contribution in [2.75, 3.05) is 43.4 Å². The number of piperidine rings is 2. The molecule has 0 radical (unpaired) electrons. The number of likely N-dealkylation sites (tertiary alicyclic amines) is 2. The molecule has 0 saturated carbocycles. The quantitative estimate of drug-likeness (QED) is 0.657. The molecular weight excluding hydrogens is 454 g/mol. The molecule has 2 saturated heterocycles. The van der Waals surface area contributed by atoms with Crippen LogP contribution in [-0.2, 0) is 14.4 Å².